The summed E-state index contributed by atoms with van der Waals surface area (Å²) in [7, 11) is 0. The van der Waals surface area contributed by atoms with Gasteiger partial charge in [0.25, 0.3) is 0 Å². The fourth-order valence-corrected chi connectivity index (χ4v) is 0.552. The zero-order chi connectivity index (χ0) is 9.98. The lowest BCUT2D eigenvalue weighted by Gasteiger charge is -1.92. The first kappa shape index (κ1) is 17.6. The number of unbranched alkanes of at least 4 members (excludes halogenated alkanes) is 1. The van der Waals surface area contributed by atoms with Gasteiger partial charge in [0.05, 0.1) is 0 Å². The molecule has 6 nitrogen and oxygen atoms in total. The monoisotopic (exact) mass is 192 g/mol. The lowest BCUT2D eigenvalue weighted by Crippen LogP contribution is -1.97. The van der Waals surface area contributed by atoms with Gasteiger partial charge in [-0.15, -0.1) is 0 Å². The quantitative estimate of drug-likeness (QED) is 0.383. The van der Waals surface area contributed by atoms with Gasteiger partial charge in [0.1, 0.15) is 0 Å². The summed E-state index contributed by atoms with van der Waals surface area (Å²) in [6, 6.07) is 0. The number of hydrogen-bond acceptors (Lipinski definition) is 4. The molecule has 0 rings (SSSR count). The maximum absolute atomic E-state index is 9.90. The zero-order valence-electron chi connectivity index (χ0n) is 7.45. The summed E-state index contributed by atoms with van der Waals surface area (Å²) in [6.45, 7) is 2.50. The summed E-state index contributed by atoms with van der Waals surface area (Å²) >= 11 is 0. The molecule has 0 bridgehead atoms. The van der Waals surface area contributed by atoms with Crippen LogP contribution < -0.4 is 6.15 Å². The largest absolute Gasteiger partial charge is 0.481 e. The van der Waals surface area contributed by atoms with Crippen LogP contribution in [-0.4, -0.2) is 28.9 Å². The molecule has 0 saturated heterocycles. The lowest BCUT2D eigenvalue weighted by atomic mass is 10.2. The lowest BCUT2D eigenvalue weighted by molar-refractivity contribution is -0.139. The number of carboxylic acids is 2. The summed E-state index contributed by atoms with van der Waals surface area (Å²) < 4.78 is 0. The van der Waals surface area contributed by atoms with Crippen molar-refractivity contribution in [1.29, 1.82) is 5.41 Å². The second-order valence-electron chi connectivity index (χ2n) is 1.99. The SMILES string of the molecule is C=N.N.O=C(O)CCCCC(=O)O. The third-order valence-corrected chi connectivity index (χ3v) is 1.03. The summed E-state index contributed by atoms with van der Waals surface area (Å²) in [5.41, 5.74) is 0. The van der Waals surface area contributed by atoms with Gasteiger partial charge in [-0.25, -0.2) is 0 Å². The molecule has 0 aliphatic heterocycles. The maximum Gasteiger partial charge on any atom is 0.303 e. The van der Waals surface area contributed by atoms with Gasteiger partial charge in [0.15, 0.2) is 0 Å². The molecule has 0 atom stereocenters. The standard InChI is InChI=1S/C6H10O4.CH3N.H3N/c7-5(8)3-1-2-4-6(9)10;1-2;/h1-4H2,(H,7,8)(H,9,10);2H,1H2;1H3. The molecule has 6 heteroatoms. The Morgan fingerprint density at radius 1 is 1.00 bits per heavy atom. The predicted octanol–water partition coefficient (Wildman–Crippen LogP) is 1.14. The minimum Gasteiger partial charge on any atom is -0.481 e. The van der Waals surface area contributed by atoms with Crippen molar-refractivity contribution in [2.24, 2.45) is 0 Å². The number of carboxylic acid groups (broad SMARTS) is 2. The summed E-state index contributed by atoms with van der Waals surface area (Å²) in [5.74, 6) is -1.74. The van der Waals surface area contributed by atoms with E-state index in [9.17, 15) is 9.59 Å². The third kappa shape index (κ3) is 25.0. The smallest absolute Gasteiger partial charge is 0.303 e. The summed E-state index contributed by atoms with van der Waals surface area (Å²) in [5, 5.41) is 21.8. The highest BCUT2D eigenvalue weighted by atomic mass is 16.4. The number of aliphatic carboxylic acids is 2. The van der Waals surface area contributed by atoms with E-state index in [-0.39, 0.29) is 19.0 Å². The van der Waals surface area contributed by atoms with Crippen LogP contribution in [0.15, 0.2) is 0 Å². The van der Waals surface area contributed by atoms with Crippen LogP contribution in [-0.2, 0) is 9.59 Å². The number of carbonyl (C=O) groups is 2. The molecule has 0 unspecified atom stereocenters. The van der Waals surface area contributed by atoms with Crippen LogP contribution in [0.4, 0.5) is 0 Å². The Kier molecular flexibility index (Phi) is 17.8. The van der Waals surface area contributed by atoms with Crippen LogP contribution in [0, 0.1) is 5.41 Å². The molecule has 78 valence electrons. The van der Waals surface area contributed by atoms with E-state index < -0.39 is 11.9 Å². The van der Waals surface area contributed by atoms with E-state index >= 15 is 0 Å². The van der Waals surface area contributed by atoms with E-state index in [1.165, 1.54) is 0 Å². The van der Waals surface area contributed by atoms with E-state index in [0.29, 0.717) is 12.8 Å². The van der Waals surface area contributed by atoms with Crippen LogP contribution in [0.2, 0.25) is 0 Å². The third-order valence-electron chi connectivity index (χ3n) is 1.03. The van der Waals surface area contributed by atoms with E-state index in [0.717, 1.165) is 0 Å². The fraction of sp³-hybridized carbons (Fsp3) is 0.571. The highest BCUT2D eigenvalue weighted by Gasteiger charge is 1.99. The molecule has 0 spiro atoms. The van der Waals surface area contributed by atoms with Crippen LogP contribution in [0.3, 0.4) is 0 Å². The minimum absolute atomic E-state index is 0. The molecule has 0 aliphatic rings. The molecular weight excluding hydrogens is 176 g/mol. The Hall–Kier alpha value is -1.43. The average Bonchev–Trinajstić information content (AvgIpc) is 2.02. The van der Waals surface area contributed by atoms with Crippen molar-refractivity contribution in [3.05, 3.63) is 0 Å². The van der Waals surface area contributed by atoms with Crippen molar-refractivity contribution >= 4 is 18.7 Å². The maximum atomic E-state index is 9.90. The van der Waals surface area contributed by atoms with Gasteiger partial charge < -0.3 is 21.8 Å². The Morgan fingerprint density at radius 3 is 1.38 bits per heavy atom. The van der Waals surface area contributed by atoms with E-state index in [1.54, 1.807) is 0 Å². The van der Waals surface area contributed by atoms with Crippen LogP contribution >= 0.6 is 0 Å². The number of rotatable bonds is 5. The van der Waals surface area contributed by atoms with E-state index in [1.807, 2.05) is 0 Å². The van der Waals surface area contributed by atoms with E-state index in [2.05, 4.69) is 6.72 Å². The van der Waals surface area contributed by atoms with Crippen molar-refractivity contribution in [1.82, 2.24) is 6.15 Å². The molecule has 0 saturated carbocycles. The van der Waals surface area contributed by atoms with Gasteiger partial charge >= 0.3 is 11.9 Å². The molecule has 0 aliphatic carbocycles. The second-order valence-corrected chi connectivity index (χ2v) is 1.99. The van der Waals surface area contributed by atoms with Gasteiger partial charge in [-0.05, 0) is 19.6 Å². The molecule has 0 amide bonds. The molecule has 13 heavy (non-hydrogen) atoms. The van der Waals surface area contributed by atoms with Crippen LogP contribution in [0.5, 0.6) is 0 Å². The van der Waals surface area contributed by atoms with Crippen molar-refractivity contribution in [2.75, 3.05) is 0 Å². The number of nitrogens with one attached hydrogen (secondary N) is 1. The van der Waals surface area contributed by atoms with Gasteiger partial charge in [-0.3, -0.25) is 9.59 Å². The normalized spacial score (nSPS) is 7.38. The first-order valence-corrected chi connectivity index (χ1v) is 3.42. The van der Waals surface area contributed by atoms with Crippen LogP contribution in [0.25, 0.3) is 0 Å². The average molecular weight is 192 g/mol. The van der Waals surface area contributed by atoms with Crippen molar-refractivity contribution in [2.45, 2.75) is 25.7 Å². The van der Waals surface area contributed by atoms with Gasteiger partial charge in [0.2, 0.25) is 0 Å². The topological polar surface area (TPSA) is 133 Å². The zero-order valence-corrected chi connectivity index (χ0v) is 7.45. The van der Waals surface area contributed by atoms with Gasteiger partial charge in [-0.2, -0.15) is 0 Å². The molecule has 6 N–H and O–H groups in total. The molecule has 0 fully saturated rings. The highest BCUT2D eigenvalue weighted by molar-refractivity contribution is 5.67. The Balaban J connectivity index is -0.000000309. The van der Waals surface area contributed by atoms with E-state index in [4.69, 9.17) is 15.6 Å². The molecule has 0 aromatic rings. The Morgan fingerprint density at radius 2 is 1.23 bits per heavy atom. The Bertz CT molecular complexity index is 133. The first-order valence-electron chi connectivity index (χ1n) is 3.42. The minimum atomic E-state index is -0.870. The first-order chi connectivity index (χ1) is 5.63. The summed E-state index contributed by atoms with van der Waals surface area (Å²) in [6.07, 6.45) is 1.02. The molecule has 0 aromatic heterocycles. The van der Waals surface area contributed by atoms with Crippen molar-refractivity contribution in [3.8, 4) is 0 Å². The van der Waals surface area contributed by atoms with Gasteiger partial charge in [-0.1, -0.05) is 0 Å². The Labute approximate surface area is 76.7 Å². The predicted molar refractivity (Wildman–Crippen MR) is 48.6 cm³/mol. The summed E-state index contributed by atoms with van der Waals surface area (Å²) in [4.78, 5) is 19.8. The second kappa shape index (κ2) is 13.2. The highest BCUT2D eigenvalue weighted by Crippen LogP contribution is 1.98. The molecule has 0 heterocycles. The van der Waals surface area contributed by atoms with Crippen LogP contribution in [0.1, 0.15) is 25.7 Å². The van der Waals surface area contributed by atoms with Gasteiger partial charge in [0, 0.05) is 12.8 Å². The molecular formula is C7H16N2O4. The van der Waals surface area contributed by atoms with Crippen molar-refractivity contribution in [3.63, 3.8) is 0 Å². The number of hydrogen-bond donors (Lipinski definition) is 4. The van der Waals surface area contributed by atoms with Crippen molar-refractivity contribution < 1.29 is 19.8 Å². The molecule has 0 aromatic carbocycles. The molecule has 0 radical (unpaired) electrons. The fourth-order valence-electron chi connectivity index (χ4n) is 0.552.